The van der Waals surface area contributed by atoms with Crippen molar-refractivity contribution in [2.45, 2.75) is 56.4 Å². The molecule has 0 unspecified atom stereocenters. The molecule has 2 aromatic carbocycles. The van der Waals surface area contributed by atoms with Gasteiger partial charge in [0.1, 0.15) is 60.3 Å². The number of benzene rings is 2. The number of carbonyl (C=O) groups is 2. The molecule has 0 aliphatic carbocycles. The third-order valence-electron chi connectivity index (χ3n) is 6.85. The first kappa shape index (κ1) is 30.0. The summed E-state index contributed by atoms with van der Waals surface area (Å²) in [6.45, 7) is 1.79. The Balaban J connectivity index is 1.68. The van der Waals surface area contributed by atoms with Gasteiger partial charge in [0, 0.05) is 6.07 Å². The third-order valence-corrected chi connectivity index (χ3v) is 6.85. The summed E-state index contributed by atoms with van der Waals surface area (Å²) in [5, 5.41) is 60.6. The summed E-state index contributed by atoms with van der Waals surface area (Å²) in [5.74, 6) is -2.68. The first-order chi connectivity index (χ1) is 19.3. The maximum Gasteiger partial charge on any atom is 0.317 e. The molecule has 41 heavy (non-hydrogen) atoms. The Morgan fingerprint density at radius 2 is 1.78 bits per heavy atom. The lowest BCUT2D eigenvalue weighted by Gasteiger charge is -2.46. The normalized spacial score (nSPS) is 24.4. The molecule has 1 aromatic heterocycles. The second kappa shape index (κ2) is 11.8. The molecule has 220 valence electrons. The number of hydrogen-bond donors (Lipinski definition) is 6. The number of aliphatic hydroxyl groups excluding tert-OH is 3. The summed E-state index contributed by atoms with van der Waals surface area (Å²) < 4.78 is 22.0. The summed E-state index contributed by atoms with van der Waals surface area (Å²) in [7, 11) is 0. The van der Waals surface area contributed by atoms with Crippen LogP contribution in [-0.2, 0) is 19.1 Å². The molecule has 3 aromatic rings. The number of carbonyl (C=O) groups excluding carboxylic acids is 1. The van der Waals surface area contributed by atoms with Crippen LogP contribution in [0.15, 0.2) is 51.9 Å². The molecule has 0 radical (unpaired) electrons. The van der Waals surface area contributed by atoms with E-state index in [2.05, 4.69) is 0 Å². The number of aliphatic hydroxyl groups is 4. The van der Waals surface area contributed by atoms with E-state index in [1.165, 1.54) is 24.5 Å². The topological polar surface area (TPSA) is 213 Å². The Morgan fingerprint density at radius 3 is 2.39 bits per heavy atom. The van der Waals surface area contributed by atoms with Crippen LogP contribution in [0.3, 0.4) is 0 Å². The SMILES string of the molecule is CC(C)c1cc2c(=O)c(-c3ccc(O)cc3)coc2cc1O[C@@H]1O[C@@H](COC(=O)CC(=O)O)[C@H](O)[C@](O)(CO)[C@@H]1O. The molecule has 2 heterocycles. The Morgan fingerprint density at radius 1 is 1.10 bits per heavy atom. The van der Waals surface area contributed by atoms with Crippen molar-refractivity contribution >= 4 is 22.9 Å². The zero-order valence-corrected chi connectivity index (χ0v) is 22.1. The number of fused-ring (bicyclic) bond motifs is 1. The molecule has 13 nitrogen and oxygen atoms in total. The molecule has 0 saturated carbocycles. The third kappa shape index (κ3) is 6.04. The molecule has 5 atom stereocenters. The van der Waals surface area contributed by atoms with Crippen LogP contribution in [0.25, 0.3) is 22.1 Å². The zero-order chi connectivity index (χ0) is 30.1. The van der Waals surface area contributed by atoms with Gasteiger partial charge in [-0.1, -0.05) is 26.0 Å². The minimum Gasteiger partial charge on any atom is -0.508 e. The van der Waals surface area contributed by atoms with Crippen LogP contribution in [0.2, 0.25) is 0 Å². The van der Waals surface area contributed by atoms with Crippen LogP contribution in [0.5, 0.6) is 11.5 Å². The highest BCUT2D eigenvalue weighted by Gasteiger charge is 2.56. The Labute approximate surface area is 232 Å². The van der Waals surface area contributed by atoms with Gasteiger partial charge < -0.3 is 49.3 Å². The van der Waals surface area contributed by atoms with Crippen LogP contribution in [0.1, 0.15) is 31.7 Å². The second-order valence-corrected chi connectivity index (χ2v) is 10.0. The fourth-order valence-electron chi connectivity index (χ4n) is 4.51. The van der Waals surface area contributed by atoms with E-state index in [1.54, 1.807) is 18.2 Å². The maximum absolute atomic E-state index is 13.3. The molecule has 1 fully saturated rings. The van der Waals surface area contributed by atoms with Crippen molar-refractivity contribution in [1.82, 2.24) is 0 Å². The van der Waals surface area contributed by atoms with Crippen molar-refractivity contribution in [2.75, 3.05) is 13.2 Å². The highest BCUT2D eigenvalue weighted by atomic mass is 16.7. The molecule has 1 aliphatic rings. The van der Waals surface area contributed by atoms with Gasteiger partial charge in [0.2, 0.25) is 11.7 Å². The second-order valence-electron chi connectivity index (χ2n) is 10.0. The van der Waals surface area contributed by atoms with Gasteiger partial charge in [0.15, 0.2) is 0 Å². The van der Waals surface area contributed by atoms with E-state index < -0.39 is 61.8 Å². The van der Waals surface area contributed by atoms with Gasteiger partial charge in [0.25, 0.3) is 0 Å². The minimum absolute atomic E-state index is 0.0382. The molecular weight excluding hydrogens is 544 g/mol. The van der Waals surface area contributed by atoms with Gasteiger partial charge >= 0.3 is 11.9 Å². The fourth-order valence-corrected chi connectivity index (χ4v) is 4.51. The average Bonchev–Trinajstić information content (AvgIpc) is 2.92. The van der Waals surface area contributed by atoms with Crippen molar-refractivity contribution in [2.24, 2.45) is 0 Å². The van der Waals surface area contributed by atoms with Gasteiger partial charge in [-0.15, -0.1) is 0 Å². The van der Waals surface area contributed by atoms with Gasteiger partial charge in [0.05, 0.1) is 17.6 Å². The van der Waals surface area contributed by atoms with E-state index in [-0.39, 0.29) is 39.4 Å². The molecule has 0 spiro atoms. The Kier molecular flexibility index (Phi) is 8.66. The first-order valence-electron chi connectivity index (χ1n) is 12.6. The van der Waals surface area contributed by atoms with E-state index in [9.17, 15) is 39.9 Å². The first-order valence-corrected chi connectivity index (χ1v) is 12.6. The van der Waals surface area contributed by atoms with Crippen molar-refractivity contribution in [3.05, 3.63) is 58.4 Å². The fraction of sp³-hybridized carbons (Fsp3) is 0.393. The zero-order valence-electron chi connectivity index (χ0n) is 22.1. The summed E-state index contributed by atoms with van der Waals surface area (Å²) in [5.41, 5.74) is -1.51. The number of carboxylic acids is 1. The van der Waals surface area contributed by atoms with Gasteiger partial charge in [-0.25, -0.2) is 0 Å². The predicted molar refractivity (Wildman–Crippen MR) is 140 cm³/mol. The molecule has 6 N–H and O–H groups in total. The quantitative estimate of drug-likeness (QED) is 0.155. The lowest BCUT2D eigenvalue weighted by molar-refractivity contribution is -0.320. The monoisotopic (exact) mass is 574 g/mol. The summed E-state index contributed by atoms with van der Waals surface area (Å²) in [6.07, 6.45) is -6.87. The summed E-state index contributed by atoms with van der Waals surface area (Å²) >= 11 is 0. The molecule has 0 bridgehead atoms. The number of phenols is 1. The van der Waals surface area contributed by atoms with Crippen molar-refractivity contribution < 1.29 is 58.9 Å². The molecule has 1 saturated heterocycles. The van der Waals surface area contributed by atoms with E-state index in [1.807, 2.05) is 13.8 Å². The average molecular weight is 575 g/mol. The van der Waals surface area contributed by atoms with Gasteiger partial charge in [-0.05, 0) is 35.2 Å². The van der Waals surface area contributed by atoms with Crippen molar-refractivity contribution in [1.29, 1.82) is 0 Å². The lowest BCUT2D eigenvalue weighted by atomic mass is 9.84. The standard InChI is InChI=1S/C28H30O13/c1-13(2)16-7-17-19(38-10-18(24(17)34)14-3-5-15(30)6-4-14)8-20(16)40-27-26(36)28(37,12-29)25(35)21(41-27)11-39-23(33)9-22(31)32/h3-8,10,13,21,25-27,29-30,35-37H,9,11-12H2,1-2H3,(H,31,32)/t21-,25-,26+,27+,28+/m0/s1. The number of rotatable bonds is 9. The molecule has 4 rings (SSSR count). The Hall–Kier alpha value is -4.01. The van der Waals surface area contributed by atoms with Crippen LogP contribution in [0.4, 0.5) is 0 Å². The highest BCUT2D eigenvalue weighted by molar-refractivity contribution is 5.90. The smallest absolute Gasteiger partial charge is 0.317 e. The molecule has 1 aliphatic heterocycles. The number of phenolic OH excluding ortho intramolecular Hbond substituents is 1. The Bertz CT molecular complexity index is 1480. The number of esters is 1. The number of aromatic hydroxyl groups is 1. The number of hydrogen-bond acceptors (Lipinski definition) is 12. The van der Waals surface area contributed by atoms with Crippen LogP contribution < -0.4 is 10.2 Å². The summed E-state index contributed by atoms with van der Waals surface area (Å²) in [6, 6.07) is 8.97. The largest absolute Gasteiger partial charge is 0.508 e. The van der Waals surface area contributed by atoms with E-state index >= 15 is 0 Å². The van der Waals surface area contributed by atoms with E-state index in [0.717, 1.165) is 0 Å². The van der Waals surface area contributed by atoms with E-state index in [0.29, 0.717) is 11.1 Å². The van der Waals surface area contributed by atoms with Gasteiger partial charge in [-0.2, -0.15) is 0 Å². The van der Waals surface area contributed by atoms with Crippen LogP contribution in [0, 0.1) is 0 Å². The molecular formula is C28H30O13. The lowest BCUT2D eigenvalue weighted by Crippen LogP contribution is -2.69. The number of ether oxygens (including phenoxy) is 3. The number of carboxylic acid groups (broad SMARTS) is 1. The molecule has 0 amide bonds. The predicted octanol–water partition coefficient (Wildman–Crippen LogP) is 0.856. The van der Waals surface area contributed by atoms with Crippen molar-refractivity contribution in [3.8, 4) is 22.6 Å². The summed E-state index contributed by atoms with van der Waals surface area (Å²) in [4.78, 5) is 35.8. The van der Waals surface area contributed by atoms with Crippen LogP contribution >= 0.6 is 0 Å². The van der Waals surface area contributed by atoms with Crippen molar-refractivity contribution in [3.63, 3.8) is 0 Å². The van der Waals surface area contributed by atoms with Gasteiger partial charge in [-0.3, -0.25) is 14.4 Å². The maximum atomic E-state index is 13.3. The molecule has 13 heteroatoms. The number of aliphatic carboxylic acids is 1. The van der Waals surface area contributed by atoms with E-state index in [4.69, 9.17) is 23.7 Å². The van der Waals surface area contributed by atoms with Crippen LogP contribution in [-0.4, -0.2) is 86.0 Å². The minimum atomic E-state index is -2.56. The highest BCUT2D eigenvalue weighted by Crippen LogP contribution is 2.36.